The number of amides is 2. The van der Waals surface area contributed by atoms with Gasteiger partial charge in [-0.2, -0.15) is 0 Å². The molecule has 0 aliphatic rings. The maximum atomic E-state index is 12.4. The van der Waals surface area contributed by atoms with E-state index in [2.05, 4.69) is 20.6 Å². The van der Waals surface area contributed by atoms with Crippen molar-refractivity contribution < 1.29 is 14.3 Å². The standard InChI is InChI=1S/C20H18N4O3/c1-14(25)23-16-7-9-17(10-8-16)24-20(26)18-11-19(22-13-21-18)27-12-15-5-3-2-4-6-15/h2-11,13H,12H2,1H3,(H,23,25)(H,24,26). The van der Waals surface area contributed by atoms with Gasteiger partial charge in [-0.1, -0.05) is 30.3 Å². The summed E-state index contributed by atoms with van der Waals surface area (Å²) in [5.41, 5.74) is 2.43. The Balaban J connectivity index is 1.62. The molecule has 0 unspecified atom stereocenters. The van der Waals surface area contributed by atoms with E-state index in [0.717, 1.165) is 5.56 Å². The van der Waals surface area contributed by atoms with E-state index in [4.69, 9.17) is 4.74 Å². The summed E-state index contributed by atoms with van der Waals surface area (Å²) in [5, 5.41) is 5.41. The highest BCUT2D eigenvalue weighted by Crippen LogP contribution is 2.15. The molecule has 2 aromatic carbocycles. The first-order valence-electron chi connectivity index (χ1n) is 8.28. The third-order valence-electron chi connectivity index (χ3n) is 3.57. The van der Waals surface area contributed by atoms with Gasteiger partial charge in [-0.05, 0) is 29.8 Å². The Morgan fingerprint density at radius 1 is 0.926 bits per heavy atom. The third-order valence-corrected chi connectivity index (χ3v) is 3.57. The average molecular weight is 362 g/mol. The monoisotopic (exact) mass is 362 g/mol. The van der Waals surface area contributed by atoms with Crippen molar-refractivity contribution in [2.24, 2.45) is 0 Å². The minimum atomic E-state index is -0.380. The Bertz CT molecular complexity index is 927. The molecule has 1 heterocycles. The van der Waals surface area contributed by atoms with Crippen molar-refractivity contribution in [3.8, 4) is 5.88 Å². The smallest absolute Gasteiger partial charge is 0.274 e. The normalized spacial score (nSPS) is 10.1. The van der Waals surface area contributed by atoms with E-state index in [0.29, 0.717) is 23.9 Å². The van der Waals surface area contributed by atoms with E-state index < -0.39 is 0 Å². The summed E-state index contributed by atoms with van der Waals surface area (Å²) < 4.78 is 5.61. The van der Waals surface area contributed by atoms with Gasteiger partial charge in [0.25, 0.3) is 5.91 Å². The molecular weight excluding hydrogens is 344 g/mol. The van der Waals surface area contributed by atoms with Crippen molar-refractivity contribution in [3.63, 3.8) is 0 Å². The van der Waals surface area contributed by atoms with Crippen molar-refractivity contribution in [1.29, 1.82) is 0 Å². The van der Waals surface area contributed by atoms with Gasteiger partial charge < -0.3 is 15.4 Å². The summed E-state index contributed by atoms with van der Waals surface area (Å²) in [6.45, 7) is 1.78. The van der Waals surface area contributed by atoms with Gasteiger partial charge in [-0.25, -0.2) is 9.97 Å². The number of hydrogen-bond acceptors (Lipinski definition) is 5. The molecule has 2 N–H and O–H groups in total. The quantitative estimate of drug-likeness (QED) is 0.702. The molecule has 0 saturated heterocycles. The number of aromatic nitrogens is 2. The van der Waals surface area contributed by atoms with Gasteiger partial charge in [-0.15, -0.1) is 0 Å². The molecule has 7 nitrogen and oxygen atoms in total. The second kappa shape index (κ2) is 8.57. The van der Waals surface area contributed by atoms with E-state index in [1.165, 1.54) is 19.3 Å². The molecule has 3 rings (SSSR count). The lowest BCUT2D eigenvalue weighted by atomic mass is 10.2. The van der Waals surface area contributed by atoms with Crippen LogP contribution in [0.1, 0.15) is 23.0 Å². The summed E-state index contributed by atoms with van der Waals surface area (Å²) in [6.07, 6.45) is 1.29. The Morgan fingerprint density at radius 2 is 1.59 bits per heavy atom. The van der Waals surface area contributed by atoms with E-state index in [-0.39, 0.29) is 17.5 Å². The van der Waals surface area contributed by atoms with Gasteiger partial charge in [0.1, 0.15) is 18.6 Å². The Hall–Kier alpha value is -3.74. The van der Waals surface area contributed by atoms with Crippen LogP contribution in [0.3, 0.4) is 0 Å². The first-order chi connectivity index (χ1) is 13.1. The maximum absolute atomic E-state index is 12.4. The van der Waals surface area contributed by atoms with Crippen molar-refractivity contribution >= 4 is 23.2 Å². The van der Waals surface area contributed by atoms with Gasteiger partial charge >= 0.3 is 0 Å². The molecule has 27 heavy (non-hydrogen) atoms. The van der Waals surface area contributed by atoms with Gasteiger partial charge in [0, 0.05) is 24.4 Å². The molecule has 7 heteroatoms. The van der Waals surface area contributed by atoms with Gasteiger partial charge in [0.05, 0.1) is 0 Å². The van der Waals surface area contributed by atoms with Gasteiger partial charge in [0.15, 0.2) is 0 Å². The SMILES string of the molecule is CC(=O)Nc1ccc(NC(=O)c2cc(OCc3ccccc3)ncn2)cc1. The number of nitrogens with one attached hydrogen (secondary N) is 2. The van der Waals surface area contributed by atoms with Crippen LogP contribution in [0.2, 0.25) is 0 Å². The predicted octanol–water partition coefficient (Wildman–Crippen LogP) is 3.27. The number of carbonyl (C=O) groups excluding carboxylic acids is 2. The van der Waals surface area contributed by atoms with Crippen LogP contribution in [-0.2, 0) is 11.4 Å². The van der Waals surface area contributed by atoms with Crippen LogP contribution in [0, 0.1) is 0 Å². The number of anilines is 2. The van der Waals surface area contributed by atoms with Crippen LogP contribution in [-0.4, -0.2) is 21.8 Å². The highest BCUT2D eigenvalue weighted by atomic mass is 16.5. The van der Waals surface area contributed by atoms with Crippen molar-refractivity contribution in [2.75, 3.05) is 10.6 Å². The van der Waals surface area contributed by atoms with Crippen LogP contribution >= 0.6 is 0 Å². The molecule has 1 aromatic heterocycles. The zero-order valence-electron chi connectivity index (χ0n) is 14.7. The number of nitrogens with zero attached hydrogens (tertiary/aromatic N) is 2. The fourth-order valence-corrected chi connectivity index (χ4v) is 2.31. The predicted molar refractivity (Wildman–Crippen MR) is 102 cm³/mol. The zero-order valence-corrected chi connectivity index (χ0v) is 14.7. The van der Waals surface area contributed by atoms with Crippen LogP contribution in [0.5, 0.6) is 5.88 Å². The first kappa shape index (κ1) is 18.1. The lowest BCUT2D eigenvalue weighted by molar-refractivity contribution is -0.114. The summed E-state index contributed by atoms with van der Waals surface area (Å²) in [7, 11) is 0. The van der Waals surface area contributed by atoms with Crippen molar-refractivity contribution in [2.45, 2.75) is 13.5 Å². The Kier molecular flexibility index (Phi) is 5.73. The van der Waals surface area contributed by atoms with Crippen LogP contribution in [0.4, 0.5) is 11.4 Å². The maximum Gasteiger partial charge on any atom is 0.274 e. The number of carbonyl (C=O) groups is 2. The fraction of sp³-hybridized carbons (Fsp3) is 0.100. The minimum absolute atomic E-state index is 0.157. The number of ether oxygens (including phenoxy) is 1. The Labute approximate surface area is 156 Å². The molecular formula is C20H18N4O3. The van der Waals surface area contributed by atoms with E-state index >= 15 is 0 Å². The summed E-state index contributed by atoms with van der Waals surface area (Å²) >= 11 is 0. The summed E-state index contributed by atoms with van der Waals surface area (Å²) in [5.74, 6) is -0.218. The number of benzene rings is 2. The summed E-state index contributed by atoms with van der Waals surface area (Å²) in [6, 6.07) is 17.9. The second-order valence-corrected chi connectivity index (χ2v) is 5.73. The zero-order chi connectivity index (χ0) is 19.1. The fourth-order valence-electron chi connectivity index (χ4n) is 2.31. The van der Waals surface area contributed by atoms with E-state index in [1.54, 1.807) is 24.3 Å². The third kappa shape index (κ3) is 5.37. The van der Waals surface area contributed by atoms with Crippen LogP contribution < -0.4 is 15.4 Å². The highest BCUT2D eigenvalue weighted by molar-refractivity contribution is 6.03. The summed E-state index contributed by atoms with van der Waals surface area (Å²) in [4.78, 5) is 31.4. The lowest BCUT2D eigenvalue weighted by Crippen LogP contribution is -2.14. The van der Waals surface area contributed by atoms with Crippen molar-refractivity contribution in [3.05, 3.63) is 78.2 Å². The molecule has 0 spiro atoms. The molecule has 3 aromatic rings. The van der Waals surface area contributed by atoms with Gasteiger partial charge in [-0.3, -0.25) is 9.59 Å². The minimum Gasteiger partial charge on any atom is -0.473 e. The lowest BCUT2D eigenvalue weighted by Gasteiger charge is -2.08. The van der Waals surface area contributed by atoms with Crippen molar-refractivity contribution in [1.82, 2.24) is 9.97 Å². The molecule has 2 amide bonds. The molecule has 0 aliphatic heterocycles. The Morgan fingerprint density at radius 3 is 2.26 bits per heavy atom. The number of hydrogen-bond donors (Lipinski definition) is 2. The molecule has 136 valence electrons. The first-order valence-corrected chi connectivity index (χ1v) is 8.28. The molecule has 0 saturated carbocycles. The van der Waals surface area contributed by atoms with Crippen LogP contribution in [0.15, 0.2) is 67.0 Å². The average Bonchev–Trinajstić information content (AvgIpc) is 2.68. The molecule has 0 atom stereocenters. The van der Waals surface area contributed by atoms with E-state index in [1.807, 2.05) is 30.3 Å². The largest absolute Gasteiger partial charge is 0.473 e. The topological polar surface area (TPSA) is 93.2 Å². The highest BCUT2D eigenvalue weighted by Gasteiger charge is 2.10. The molecule has 0 radical (unpaired) electrons. The molecule has 0 fully saturated rings. The van der Waals surface area contributed by atoms with Gasteiger partial charge in [0.2, 0.25) is 11.8 Å². The molecule has 0 aliphatic carbocycles. The van der Waals surface area contributed by atoms with E-state index in [9.17, 15) is 9.59 Å². The molecule has 0 bridgehead atoms. The van der Waals surface area contributed by atoms with Crippen LogP contribution in [0.25, 0.3) is 0 Å². The second-order valence-electron chi connectivity index (χ2n) is 5.73. The number of rotatable bonds is 6.